The molecule has 1 saturated carbocycles. The van der Waals surface area contributed by atoms with Gasteiger partial charge in [-0.15, -0.1) is 0 Å². The Labute approximate surface area is 172 Å². The van der Waals surface area contributed by atoms with Crippen molar-refractivity contribution in [2.75, 3.05) is 18.0 Å². The summed E-state index contributed by atoms with van der Waals surface area (Å²) < 4.78 is 5.65. The molecule has 0 amide bonds. The minimum atomic E-state index is -0.499. The van der Waals surface area contributed by atoms with E-state index in [1.54, 1.807) is 6.07 Å². The number of fused-ring (bicyclic) bond motifs is 3. The van der Waals surface area contributed by atoms with Crippen LogP contribution < -0.4 is 10.5 Å². The Hall–Kier alpha value is -2.36. The third-order valence-corrected chi connectivity index (χ3v) is 7.25. The van der Waals surface area contributed by atoms with Crippen molar-refractivity contribution in [3.8, 4) is 0 Å². The number of carbonyl (C=O) groups excluding carboxylic acids is 1. The van der Waals surface area contributed by atoms with Crippen LogP contribution in [0.4, 0.5) is 5.69 Å². The second kappa shape index (κ2) is 7.47. The van der Waals surface area contributed by atoms with Crippen molar-refractivity contribution < 1.29 is 9.21 Å². The SMILES string of the molecule is CCC1CC2(C(=O)c3cc4ccc(N(CC)CC)cc4oc3=O)CCC(C)=C1C2. The second-order valence-electron chi connectivity index (χ2n) is 8.74. The molecule has 1 aromatic carbocycles. The zero-order valence-corrected chi connectivity index (χ0v) is 18.0. The smallest absolute Gasteiger partial charge is 0.347 e. The summed E-state index contributed by atoms with van der Waals surface area (Å²) in [4.78, 5) is 28.6. The lowest BCUT2D eigenvalue weighted by molar-refractivity contribution is 0.0770. The molecule has 29 heavy (non-hydrogen) atoms. The lowest BCUT2D eigenvalue weighted by Gasteiger charge is -2.30. The molecule has 0 radical (unpaired) electrons. The van der Waals surface area contributed by atoms with Gasteiger partial charge in [0.05, 0.1) is 0 Å². The lowest BCUT2D eigenvalue weighted by atomic mass is 9.72. The predicted molar refractivity (Wildman–Crippen MR) is 118 cm³/mol. The van der Waals surface area contributed by atoms with Crippen LogP contribution in [0.1, 0.15) is 70.2 Å². The number of allylic oxidation sites excluding steroid dienone is 2. The van der Waals surface area contributed by atoms with Gasteiger partial charge >= 0.3 is 5.63 Å². The molecule has 2 bridgehead atoms. The Kier molecular flexibility index (Phi) is 5.14. The summed E-state index contributed by atoms with van der Waals surface area (Å²) >= 11 is 0. The van der Waals surface area contributed by atoms with E-state index in [-0.39, 0.29) is 11.3 Å². The van der Waals surface area contributed by atoms with E-state index in [1.165, 1.54) is 11.1 Å². The lowest BCUT2D eigenvalue weighted by Crippen LogP contribution is -2.33. The van der Waals surface area contributed by atoms with E-state index in [2.05, 4.69) is 32.6 Å². The van der Waals surface area contributed by atoms with Crippen molar-refractivity contribution in [2.45, 2.75) is 59.8 Å². The third kappa shape index (κ3) is 3.23. The Morgan fingerprint density at radius 2 is 1.97 bits per heavy atom. The molecule has 4 heteroatoms. The Morgan fingerprint density at radius 1 is 1.21 bits per heavy atom. The Morgan fingerprint density at radius 3 is 2.66 bits per heavy atom. The molecule has 0 spiro atoms. The van der Waals surface area contributed by atoms with Crippen molar-refractivity contribution in [1.29, 1.82) is 0 Å². The van der Waals surface area contributed by atoms with Crippen LogP contribution in [0.5, 0.6) is 0 Å². The van der Waals surface area contributed by atoms with Crippen LogP contribution in [0, 0.1) is 11.3 Å². The molecule has 0 N–H and O–H groups in total. The molecule has 2 atom stereocenters. The van der Waals surface area contributed by atoms with Gasteiger partial charge in [0.2, 0.25) is 0 Å². The van der Waals surface area contributed by atoms with Crippen molar-refractivity contribution in [3.63, 3.8) is 0 Å². The number of ketones is 1. The van der Waals surface area contributed by atoms with Gasteiger partial charge in [-0.05, 0) is 77.0 Å². The van der Waals surface area contributed by atoms with Gasteiger partial charge in [-0.25, -0.2) is 4.79 Å². The Balaban J connectivity index is 1.73. The molecule has 1 aromatic heterocycles. The average molecular weight is 394 g/mol. The minimum absolute atomic E-state index is 0.0121. The van der Waals surface area contributed by atoms with E-state index in [0.29, 0.717) is 11.5 Å². The molecule has 4 rings (SSSR count). The summed E-state index contributed by atoms with van der Waals surface area (Å²) in [6.07, 6.45) is 4.55. The number of rotatable bonds is 6. The zero-order valence-electron chi connectivity index (χ0n) is 18.0. The molecule has 154 valence electrons. The first-order valence-electron chi connectivity index (χ1n) is 11.0. The van der Waals surface area contributed by atoms with Crippen LogP contribution in [-0.2, 0) is 0 Å². The van der Waals surface area contributed by atoms with E-state index >= 15 is 0 Å². The summed E-state index contributed by atoms with van der Waals surface area (Å²) in [5, 5.41) is 0.813. The highest BCUT2D eigenvalue weighted by atomic mass is 16.4. The highest BCUT2D eigenvalue weighted by Gasteiger charge is 2.50. The monoisotopic (exact) mass is 393 g/mol. The standard InChI is InChI=1S/C25H31NO3/c1-5-17-14-25(11-10-16(4)21(17)15-25)23(27)20-12-18-8-9-19(26(6-2)7-3)13-22(18)29-24(20)28/h8-9,12-13,17H,5-7,10-11,14-15H2,1-4H3. The number of benzene rings is 1. The van der Waals surface area contributed by atoms with E-state index in [9.17, 15) is 9.59 Å². The molecule has 2 aromatic rings. The Bertz CT molecular complexity index is 1040. The van der Waals surface area contributed by atoms with Crippen LogP contribution in [-0.4, -0.2) is 18.9 Å². The topological polar surface area (TPSA) is 50.5 Å². The first kappa shape index (κ1) is 19.9. The average Bonchev–Trinajstić information content (AvgIpc) is 3.06. The van der Waals surface area contributed by atoms with Crippen molar-refractivity contribution >= 4 is 22.4 Å². The van der Waals surface area contributed by atoms with Crippen molar-refractivity contribution in [1.82, 2.24) is 0 Å². The van der Waals surface area contributed by atoms with Gasteiger partial charge in [0.15, 0.2) is 5.78 Å². The molecule has 2 unspecified atom stereocenters. The third-order valence-electron chi connectivity index (χ3n) is 7.25. The molecular formula is C25H31NO3. The molecule has 4 nitrogen and oxygen atoms in total. The first-order chi connectivity index (χ1) is 13.9. The largest absolute Gasteiger partial charge is 0.422 e. The normalized spacial score (nSPS) is 23.7. The maximum atomic E-state index is 13.6. The number of hydrogen-bond acceptors (Lipinski definition) is 4. The summed E-state index contributed by atoms with van der Waals surface area (Å²) in [6.45, 7) is 10.4. The second-order valence-corrected chi connectivity index (χ2v) is 8.74. The molecule has 1 heterocycles. The molecule has 2 aliphatic carbocycles. The molecular weight excluding hydrogens is 362 g/mol. The maximum Gasteiger partial charge on any atom is 0.347 e. The fourth-order valence-electron chi connectivity index (χ4n) is 5.46. The van der Waals surface area contributed by atoms with Crippen LogP contribution in [0.2, 0.25) is 0 Å². The van der Waals surface area contributed by atoms with Crippen molar-refractivity contribution in [2.24, 2.45) is 11.3 Å². The summed E-state index contributed by atoms with van der Waals surface area (Å²) in [5.74, 6) is 0.465. The molecule has 0 saturated heterocycles. The first-order valence-corrected chi connectivity index (χ1v) is 11.0. The van der Waals surface area contributed by atoms with Gasteiger partial charge in [0.1, 0.15) is 11.1 Å². The highest BCUT2D eigenvalue weighted by molar-refractivity contribution is 6.03. The number of nitrogens with zero attached hydrogens (tertiary/aromatic N) is 1. The number of anilines is 1. The fourth-order valence-corrected chi connectivity index (χ4v) is 5.46. The summed E-state index contributed by atoms with van der Waals surface area (Å²) in [5.41, 5.74) is 3.80. The van der Waals surface area contributed by atoms with Crippen LogP contribution in [0.3, 0.4) is 0 Å². The minimum Gasteiger partial charge on any atom is -0.422 e. The fraction of sp³-hybridized carbons (Fsp3) is 0.520. The quantitative estimate of drug-likeness (QED) is 0.357. The molecule has 0 aliphatic heterocycles. The van der Waals surface area contributed by atoms with Crippen LogP contribution >= 0.6 is 0 Å². The van der Waals surface area contributed by atoms with Gasteiger partial charge in [-0.2, -0.15) is 0 Å². The molecule has 2 aliphatic rings. The summed E-state index contributed by atoms with van der Waals surface area (Å²) in [6, 6.07) is 7.66. The van der Waals surface area contributed by atoms with E-state index in [1.807, 2.05) is 18.2 Å². The van der Waals surface area contributed by atoms with Gasteiger partial charge in [-0.3, -0.25) is 4.79 Å². The van der Waals surface area contributed by atoms with Gasteiger partial charge < -0.3 is 9.32 Å². The van der Waals surface area contributed by atoms with E-state index in [0.717, 1.165) is 56.3 Å². The van der Waals surface area contributed by atoms with E-state index < -0.39 is 11.0 Å². The molecule has 1 fully saturated rings. The van der Waals surface area contributed by atoms with Crippen LogP contribution in [0.25, 0.3) is 11.0 Å². The number of Topliss-reactive ketones (excluding diaryl/α,β-unsaturated/α-hetero) is 1. The number of hydrogen-bond donors (Lipinski definition) is 0. The van der Waals surface area contributed by atoms with Gasteiger partial charge in [0.25, 0.3) is 0 Å². The predicted octanol–water partition coefficient (Wildman–Crippen LogP) is 5.74. The number of carbonyl (C=O) groups is 1. The summed E-state index contributed by atoms with van der Waals surface area (Å²) in [7, 11) is 0. The van der Waals surface area contributed by atoms with Gasteiger partial charge in [-0.1, -0.05) is 18.1 Å². The van der Waals surface area contributed by atoms with Gasteiger partial charge in [0, 0.05) is 35.6 Å². The highest BCUT2D eigenvalue weighted by Crippen LogP contribution is 2.56. The zero-order chi connectivity index (χ0) is 20.8. The maximum absolute atomic E-state index is 13.6. The van der Waals surface area contributed by atoms with E-state index in [4.69, 9.17) is 4.42 Å². The van der Waals surface area contributed by atoms with Crippen molar-refractivity contribution in [3.05, 3.63) is 51.4 Å². The van der Waals surface area contributed by atoms with Crippen LogP contribution in [0.15, 0.2) is 44.6 Å².